The molecule has 0 aliphatic heterocycles. The van der Waals surface area contributed by atoms with E-state index in [-0.39, 0.29) is 22.8 Å². The van der Waals surface area contributed by atoms with Crippen LogP contribution < -0.4 is 5.32 Å². The molecule has 1 aliphatic rings. The summed E-state index contributed by atoms with van der Waals surface area (Å²) < 4.78 is 0. The highest BCUT2D eigenvalue weighted by molar-refractivity contribution is 7.80. The maximum absolute atomic E-state index is 12.1. The fraction of sp³-hybridized carbons (Fsp3) is 0.500. The van der Waals surface area contributed by atoms with Crippen molar-refractivity contribution in [3.05, 3.63) is 29.8 Å². The summed E-state index contributed by atoms with van der Waals surface area (Å²) in [5, 5.41) is 3.10. The Bertz CT molecular complexity index is 451. The summed E-state index contributed by atoms with van der Waals surface area (Å²) in [5.74, 6) is -0.0285. The molecule has 1 aromatic carbocycles. The molecule has 1 amide bonds. The Labute approximate surface area is 108 Å². The van der Waals surface area contributed by atoms with Crippen molar-refractivity contribution in [3.8, 4) is 0 Å². The summed E-state index contributed by atoms with van der Waals surface area (Å²) in [7, 11) is 0. The monoisotopic (exact) mass is 249 g/mol. The van der Waals surface area contributed by atoms with E-state index < -0.39 is 0 Å². The van der Waals surface area contributed by atoms with Crippen molar-refractivity contribution in [3.63, 3.8) is 0 Å². The first-order valence-electron chi connectivity index (χ1n) is 5.87. The number of hydrogen-bond acceptors (Lipinski definition) is 2. The van der Waals surface area contributed by atoms with E-state index >= 15 is 0 Å². The fourth-order valence-electron chi connectivity index (χ4n) is 2.43. The minimum Gasteiger partial charge on any atom is -0.348 e. The molecule has 17 heavy (non-hydrogen) atoms. The minimum atomic E-state index is -0.0285. The van der Waals surface area contributed by atoms with Gasteiger partial charge in [0, 0.05) is 10.9 Å². The van der Waals surface area contributed by atoms with E-state index in [1.165, 1.54) is 0 Å². The predicted octanol–water partition coefficient (Wildman–Crippen LogP) is 3.14. The number of thiol groups is 1. The van der Waals surface area contributed by atoms with Crippen LogP contribution in [0.25, 0.3) is 0 Å². The molecule has 0 atom stereocenters. The van der Waals surface area contributed by atoms with Gasteiger partial charge in [0.15, 0.2) is 0 Å². The number of hydrogen-bond donors (Lipinski definition) is 2. The van der Waals surface area contributed by atoms with Crippen LogP contribution in [0.15, 0.2) is 29.2 Å². The first kappa shape index (κ1) is 12.5. The summed E-state index contributed by atoms with van der Waals surface area (Å²) in [6.45, 7) is 8.74. The van der Waals surface area contributed by atoms with Gasteiger partial charge in [0.05, 0.1) is 5.56 Å². The van der Waals surface area contributed by atoms with Crippen LogP contribution >= 0.6 is 12.6 Å². The van der Waals surface area contributed by atoms with Gasteiger partial charge in [0.1, 0.15) is 0 Å². The van der Waals surface area contributed by atoms with E-state index in [2.05, 4.69) is 45.6 Å². The molecule has 0 aromatic heterocycles. The highest BCUT2D eigenvalue weighted by atomic mass is 32.1. The van der Waals surface area contributed by atoms with Crippen molar-refractivity contribution < 1.29 is 4.79 Å². The highest BCUT2D eigenvalue weighted by Crippen LogP contribution is 2.62. The Morgan fingerprint density at radius 1 is 1.18 bits per heavy atom. The molecular formula is C14H19NOS. The average Bonchev–Trinajstić information content (AvgIpc) is 2.61. The van der Waals surface area contributed by atoms with Crippen LogP contribution in [0, 0.1) is 10.8 Å². The normalized spacial score (nSPS) is 21.0. The Hall–Kier alpha value is -0.960. The second kappa shape index (κ2) is 3.77. The van der Waals surface area contributed by atoms with E-state index in [1.54, 1.807) is 6.07 Å². The van der Waals surface area contributed by atoms with Crippen molar-refractivity contribution in [2.75, 3.05) is 0 Å². The molecule has 0 saturated heterocycles. The van der Waals surface area contributed by atoms with Crippen LogP contribution in [0.3, 0.4) is 0 Å². The van der Waals surface area contributed by atoms with Crippen LogP contribution in [0.5, 0.6) is 0 Å². The topological polar surface area (TPSA) is 29.1 Å². The van der Waals surface area contributed by atoms with Gasteiger partial charge < -0.3 is 5.32 Å². The molecule has 2 rings (SSSR count). The molecule has 1 fully saturated rings. The van der Waals surface area contributed by atoms with E-state index in [1.807, 2.05) is 18.2 Å². The van der Waals surface area contributed by atoms with E-state index in [0.717, 1.165) is 4.90 Å². The molecular weight excluding hydrogens is 230 g/mol. The first-order valence-corrected chi connectivity index (χ1v) is 6.32. The van der Waals surface area contributed by atoms with Gasteiger partial charge in [-0.25, -0.2) is 0 Å². The van der Waals surface area contributed by atoms with Gasteiger partial charge in [-0.3, -0.25) is 4.79 Å². The quantitative estimate of drug-likeness (QED) is 0.775. The van der Waals surface area contributed by atoms with Crippen molar-refractivity contribution in [2.24, 2.45) is 10.8 Å². The summed E-state index contributed by atoms with van der Waals surface area (Å²) >= 11 is 4.31. The number of carbonyl (C=O) groups excluding carboxylic acids is 1. The first-order chi connectivity index (χ1) is 7.78. The summed E-state index contributed by atoms with van der Waals surface area (Å²) in [6, 6.07) is 7.61. The molecule has 0 unspecified atom stereocenters. The molecule has 1 aromatic rings. The lowest BCUT2D eigenvalue weighted by Crippen LogP contribution is -2.30. The van der Waals surface area contributed by atoms with Gasteiger partial charge in [-0.1, -0.05) is 39.8 Å². The summed E-state index contributed by atoms with van der Waals surface area (Å²) in [5.41, 5.74) is 0.969. The maximum Gasteiger partial charge on any atom is 0.252 e. The maximum atomic E-state index is 12.1. The van der Waals surface area contributed by atoms with Crippen LogP contribution in [-0.2, 0) is 0 Å². The van der Waals surface area contributed by atoms with Crippen molar-refractivity contribution >= 4 is 18.5 Å². The summed E-state index contributed by atoms with van der Waals surface area (Å²) in [4.78, 5) is 12.9. The molecule has 92 valence electrons. The molecule has 1 N–H and O–H groups in total. The molecule has 0 spiro atoms. The van der Waals surface area contributed by atoms with Gasteiger partial charge in [-0.15, -0.1) is 12.6 Å². The third-order valence-electron chi connectivity index (χ3n) is 4.44. The molecule has 1 saturated carbocycles. The lowest BCUT2D eigenvalue weighted by Gasteiger charge is -2.08. The Balaban J connectivity index is 2.13. The number of amides is 1. The second-order valence-electron chi connectivity index (χ2n) is 5.87. The van der Waals surface area contributed by atoms with E-state index in [4.69, 9.17) is 0 Å². The van der Waals surface area contributed by atoms with Crippen molar-refractivity contribution in [1.29, 1.82) is 0 Å². The molecule has 0 radical (unpaired) electrons. The standard InChI is InChI=1S/C14H19NOS/c1-13(2)12(14(13,3)4)15-11(16)9-7-5-6-8-10(9)17/h5-8,12,17H,1-4H3,(H,15,16). The van der Waals surface area contributed by atoms with E-state index in [0.29, 0.717) is 5.56 Å². The van der Waals surface area contributed by atoms with Crippen molar-refractivity contribution in [1.82, 2.24) is 5.32 Å². The Kier molecular flexibility index (Phi) is 2.77. The zero-order valence-electron chi connectivity index (χ0n) is 10.7. The second-order valence-corrected chi connectivity index (χ2v) is 6.35. The third kappa shape index (κ3) is 1.86. The largest absolute Gasteiger partial charge is 0.348 e. The molecule has 2 nitrogen and oxygen atoms in total. The number of rotatable bonds is 2. The third-order valence-corrected chi connectivity index (χ3v) is 4.83. The SMILES string of the molecule is CC1(C)C(NC(=O)c2ccccc2S)C1(C)C. The highest BCUT2D eigenvalue weighted by Gasteiger charge is 2.65. The Morgan fingerprint density at radius 3 is 2.18 bits per heavy atom. The predicted molar refractivity (Wildman–Crippen MR) is 72.5 cm³/mol. The van der Waals surface area contributed by atoms with Crippen LogP contribution in [0.2, 0.25) is 0 Å². The van der Waals surface area contributed by atoms with Crippen LogP contribution in [0.1, 0.15) is 38.1 Å². The van der Waals surface area contributed by atoms with Gasteiger partial charge in [0.25, 0.3) is 5.91 Å². The van der Waals surface area contributed by atoms with Crippen LogP contribution in [0.4, 0.5) is 0 Å². The lowest BCUT2D eigenvalue weighted by molar-refractivity contribution is 0.0941. The minimum absolute atomic E-state index is 0.0285. The van der Waals surface area contributed by atoms with Gasteiger partial charge in [-0.05, 0) is 23.0 Å². The average molecular weight is 249 g/mol. The number of nitrogens with one attached hydrogen (secondary N) is 1. The Morgan fingerprint density at radius 2 is 1.71 bits per heavy atom. The van der Waals surface area contributed by atoms with Crippen molar-refractivity contribution in [2.45, 2.75) is 38.6 Å². The fourth-order valence-corrected chi connectivity index (χ4v) is 2.69. The lowest BCUT2D eigenvalue weighted by atomic mass is 10.0. The summed E-state index contributed by atoms with van der Waals surface area (Å²) in [6.07, 6.45) is 0. The van der Waals surface area contributed by atoms with Gasteiger partial charge >= 0.3 is 0 Å². The zero-order valence-corrected chi connectivity index (χ0v) is 11.6. The number of carbonyl (C=O) groups is 1. The molecule has 0 heterocycles. The number of benzene rings is 1. The molecule has 1 aliphatic carbocycles. The van der Waals surface area contributed by atoms with E-state index in [9.17, 15) is 4.79 Å². The molecule has 3 heteroatoms. The van der Waals surface area contributed by atoms with Crippen LogP contribution in [-0.4, -0.2) is 11.9 Å². The smallest absolute Gasteiger partial charge is 0.252 e. The van der Waals surface area contributed by atoms with Gasteiger partial charge in [0.2, 0.25) is 0 Å². The molecule has 0 bridgehead atoms. The van der Waals surface area contributed by atoms with Gasteiger partial charge in [-0.2, -0.15) is 0 Å². The zero-order chi connectivity index (χ0) is 12.8.